The van der Waals surface area contributed by atoms with Crippen LogP contribution in [0.15, 0.2) is 182 Å². The zero-order valence-corrected chi connectivity index (χ0v) is 52.1. The number of hydrogen-bond acceptors (Lipinski definition) is 4. The Balaban J connectivity index is 1.13. The molecule has 3 heterocycles. The van der Waals surface area contributed by atoms with Crippen molar-refractivity contribution in [1.82, 2.24) is 14.1 Å². The Morgan fingerprint density at radius 1 is 0.383 bits per heavy atom. The van der Waals surface area contributed by atoms with Gasteiger partial charge in [0.15, 0.2) is 0 Å². The average Bonchev–Trinajstić information content (AvgIpc) is 4.01. The molecule has 0 saturated heterocycles. The van der Waals surface area contributed by atoms with E-state index in [2.05, 4.69) is 324 Å². The summed E-state index contributed by atoms with van der Waals surface area (Å²) in [6.45, 7) is 34.4. The van der Waals surface area contributed by atoms with Gasteiger partial charge in [0.05, 0.1) is 5.69 Å². The number of rotatable bonds is 6. The second-order valence-corrected chi connectivity index (χ2v) is 27.9. The fourth-order valence-corrected chi connectivity index (χ4v) is 12.0. The number of ether oxygens (including phenoxy) is 1. The molecule has 8 aromatic carbocycles. The van der Waals surface area contributed by atoms with Gasteiger partial charge in [0.25, 0.3) is 0 Å². The van der Waals surface area contributed by atoms with E-state index in [9.17, 15) is 0 Å². The van der Waals surface area contributed by atoms with Gasteiger partial charge in [-0.05, 0) is 63.3 Å². The quantitative estimate of drug-likeness (QED) is 0.156. The first kappa shape index (κ1) is 55.4. The second kappa shape index (κ2) is 20.5. The first-order valence-corrected chi connectivity index (χ1v) is 29.5. The molecule has 1 aliphatic rings. The molecule has 10 aromatic rings. The minimum absolute atomic E-state index is 0.0394. The van der Waals surface area contributed by atoms with Crippen molar-refractivity contribution in [3.8, 4) is 45.1 Å². The Kier molecular flexibility index (Phi) is 14.0. The van der Waals surface area contributed by atoms with Crippen LogP contribution in [0.4, 0.5) is 34.3 Å². The second-order valence-electron chi connectivity index (χ2n) is 26.9. The van der Waals surface area contributed by atoms with Crippen molar-refractivity contribution in [2.45, 2.75) is 131 Å². The van der Waals surface area contributed by atoms with Crippen LogP contribution < -0.4 is 14.5 Å². The van der Waals surface area contributed by atoms with Gasteiger partial charge < -0.3 is 4.90 Å². The Morgan fingerprint density at radius 3 is 1.35 bits per heavy atom. The molecule has 2 aromatic heterocycles. The molecule has 6 nitrogen and oxygen atoms in total. The van der Waals surface area contributed by atoms with Crippen LogP contribution in [0.1, 0.15) is 132 Å². The summed E-state index contributed by atoms with van der Waals surface area (Å²) >= 11 is 2.49. The zero-order valence-electron chi connectivity index (χ0n) is 49.8. The standard InChI is InChI=1S/C74H75N5O.Pt/c1-70(2,3)49-37-38-75-69(45-49)79-65-32-21-18-28-60(65)59-27-16-19-30-63(59)78(56-43-52(73(10,11)12)40-53(44-56)74(13,14)15)64-31-20-17-29-61(64)62-36-35-58(47-68(62)79)80-57-26-24-25-54(46-57)76-48-77(67-34-23-22-33-66(67)76)55-41-50(71(4,5)6)39-51(42-55)72(7,8)9;/h16-45H,1-15H3;/q-2;. The molecular formula is C74H75N5OPt-2. The number of hydrogen-bond donors (Lipinski definition) is 0. The fourth-order valence-electron chi connectivity index (χ4n) is 10.9. The maximum atomic E-state index is 7.07. The van der Waals surface area contributed by atoms with E-state index in [0.717, 1.165) is 82.7 Å². The summed E-state index contributed by atoms with van der Waals surface area (Å²) in [7, 11) is 0. The number of nitrogens with zero attached hydrogens (tertiary/aromatic N) is 5. The van der Waals surface area contributed by atoms with Crippen LogP contribution in [0.3, 0.4) is 0 Å². The molecule has 0 unspecified atom stereocenters. The van der Waals surface area contributed by atoms with E-state index in [0.29, 0.717) is 11.5 Å². The number of fused-ring (bicyclic) bond motifs is 7. The van der Waals surface area contributed by atoms with Gasteiger partial charge in [-0.15, -0.1) is 0 Å². The summed E-state index contributed by atoms with van der Waals surface area (Å²) in [5.74, 6) is 1.90. The van der Waals surface area contributed by atoms with Crippen LogP contribution >= 0.6 is 0 Å². The summed E-state index contributed by atoms with van der Waals surface area (Å²) in [6, 6.07) is 71.8. The minimum Gasteiger partial charge on any atom is -0.0615 e. The van der Waals surface area contributed by atoms with Crippen LogP contribution in [0, 0.1) is 15.9 Å². The molecule has 0 radical (unpaired) electrons. The number of para-hydroxylation sites is 5. The van der Waals surface area contributed by atoms with Crippen LogP contribution in [0.2, 0.25) is 0 Å². The fraction of sp³-hybridized carbons (Fsp3) is 0.270. The zero-order chi connectivity index (χ0) is 57.6. The first-order valence-electron chi connectivity index (χ1n) is 28.4. The molecular weight excluding hydrogens is 1170 g/mol. The van der Waals surface area contributed by atoms with Crippen LogP contribution in [-0.2, 0) is 46.4 Å². The molecule has 0 N–H and O–H groups in total. The van der Waals surface area contributed by atoms with Crippen molar-refractivity contribution >= 4 is 45.3 Å². The summed E-state index contributed by atoms with van der Waals surface area (Å²) in [5, 5.41) is 0. The molecule has 0 aliphatic carbocycles. The number of benzene rings is 8. The molecule has 0 atom stereocenters. The topological polar surface area (TPSA) is 38.5 Å². The molecule has 11 rings (SSSR count). The van der Waals surface area contributed by atoms with Gasteiger partial charge in [0.2, 0.25) is 0 Å². The van der Waals surface area contributed by atoms with Gasteiger partial charge in [0, 0.05) is 17.4 Å². The maximum absolute atomic E-state index is 7.07. The Hall–Kier alpha value is -7.53. The number of imidazole rings is 1. The van der Waals surface area contributed by atoms with Crippen molar-refractivity contribution < 1.29 is 24.1 Å². The Labute approximate surface area is 492 Å². The van der Waals surface area contributed by atoms with E-state index in [1.54, 1.807) is 0 Å². The Bertz CT molecular complexity index is 4040. The van der Waals surface area contributed by atoms with Crippen molar-refractivity contribution in [3.05, 3.63) is 226 Å². The molecule has 0 fully saturated rings. The molecule has 1 aliphatic heterocycles. The number of anilines is 6. The van der Waals surface area contributed by atoms with Gasteiger partial charge in [-0.3, -0.25) is 0 Å². The van der Waals surface area contributed by atoms with Gasteiger partial charge in [-0.2, -0.15) is 0 Å². The summed E-state index contributed by atoms with van der Waals surface area (Å²) in [4.78, 5) is 10.0. The van der Waals surface area contributed by atoms with Gasteiger partial charge in [-0.1, -0.05) is 117 Å². The molecule has 0 spiro atoms. The Morgan fingerprint density at radius 2 is 0.827 bits per heavy atom. The summed E-state index contributed by atoms with van der Waals surface area (Å²) in [6.07, 6.45) is 1.94. The van der Waals surface area contributed by atoms with E-state index in [4.69, 9.17) is 9.72 Å². The SMILES string of the molecule is CC(C)(C)c1cc(N2c3ccccc3-c3ccc(Oc4[c-]c(-n5[c](=[Pt])n(-c6cc(C(C)(C)C)cc(C(C)(C)C)c6)c6ccccc65)ccc4)[c-]c3N(c3cc(C(C)(C)C)ccn3)c3ccccc3-c3ccccc32)cc(C(C)(C)C)c1. The third-order valence-electron chi connectivity index (χ3n) is 15.7. The molecule has 0 bridgehead atoms. The van der Waals surface area contributed by atoms with Crippen molar-refractivity contribution in [2.75, 3.05) is 9.80 Å². The molecule has 7 heteroatoms. The smallest absolute Gasteiger partial charge is 0.0615 e. The summed E-state index contributed by atoms with van der Waals surface area (Å²) in [5.41, 5.74) is 19.3. The van der Waals surface area contributed by atoms with Crippen molar-refractivity contribution in [3.63, 3.8) is 0 Å². The number of aromatic nitrogens is 3. The molecule has 0 saturated carbocycles. The van der Waals surface area contributed by atoms with E-state index in [-0.39, 0.29) is 27.1 Å². The van der Waals surface area contributed by atoms with Gasteiger partial charge >= 0.3 is 287 Å². The average molecular weight is 1250 g/mol. The van der Waals surface area contributed by atoms with E-state index in [1.807, 2.05) is 12.3 Å². The van der Waals surface area contributed by atoms with Crippen molar-refractivity contribution in [1.29, 1.82) is 0 Å². The van der Waals surface area contributed by atoms with E-state index >= 15 is 0 Å². The normalized spacial score (nSPS) is 13.1. The van der Waals surface area contributed by atoms with Crippen LogP contribution in [0.5, 0.6) is 11.5 Å². The van der Waals surface area contributed by atoms with E-state index in [1.165, 1.54) is 27.8 Å². The minimum atomic E-state index is -0.145. The first-order chi connectivity index (χ1) is 38.2. The van der Waals surface area contributed by atoms with Crippen molar-refractivity contribution in [2.24, 2.45) is 0 Å². The molecule has 0 amide bonds. The van der Waals surface area contributed by atoms with Gasteiger partial charge in [-0.25, -0.2) is 0 Å². The monoisotopic (exact) mass is 1240 g/mol. The van der Waals surface area contributed by atoms with Crippen LogP contribution in [-0.4, -0.2) is 14.1 Å². The van der Waals surface area contributed by atoms with Crippen LogP contribution in [0.25, 0.3) is 44.7 Å². The third kappa shape index (κ3) is 10.7. The predicted molar refractivity (Wildman–Crippen MR) is 335 cm³/mol. The number of pyridine rings is 1. The van der Waals surface area contributed by atoms with Gasteiger partial charge in [0.1, 0.15) is 0 Å². The summed E-state index contributed by atoms with van der Waals surface area (Å²) < 4.78 is 12.8. The molecule has 414 valence electrons. The molecule has 81 heavy (non-hydrogen) atoms. The van der Waals surface area contributed by atoms with E-state index < -0.39 is 0 Å². The predicted octanol–water partition coefficient (Wildman–Crippen LogP) is 20.4. The third-order valence-corrected chi connectivity index (χ3v) is 16.7.